The van der Waals surface area contributed by atoms with Crippen LogP contribution in [0.25, 0.3) is 0 Å². The highest BCUT2D eigenvalue weighted by atomic mass is 16.5. The first kappa shape index (κ1) is 16.2. The molecular formula is C21H24N2O2. The molecule has 2 heterocycles. The number of rotatable bonds is 4. The standard InChI is InChI=1S/C21H24N2O2/c1-15-6-5-9-19(16(15)2)25-13-12-23-18-8-4-3-7-17(18)21(20(23)24)10-11-22-14-21/h3-9,22H,10-14H2,1-2H3. The summed E-state index contributed by atoms with van der Waals surface area (Å²) in [6, 6.07) is 14.3. The average Bonchev–Trinajstić information content (AvgIpc) is 3.20. The van der Waals surface area contributed by atoms with Crippen molar-refractivity contribution in [2.45, 2.75) is 25.7 Å². The van der Waals surface area contributed by atoms with E-state index in [1.165, 1.54) is 5.56 Å². The van der Waals surface area contributed by atoms with E-state index in [1.54, 1.807) is 0 Å². The van der Waals surface area contributed by atoms with Crippen molar-refractivity contribution in [3.8, 4) is 5.75 Å². The van der Waals surface area contributed by atoms with E-state index in [0.717, 1.165) is 42.1 Å². The molecule has 1 fully saturated rings. The smallest absolute Gasteiger partial charge is 0.239 e. The lowest BCUT2D eigenvalue weighted by Crippen LogP contribution is -2.43. The van der Waals surface area contributed by atoms with E-state index in [9.17, 15) is 4.79 Å². The Labute approximate surface area is 148 Å². The van der Waals surface area contributed by atoms with E-state index in [4.69, 9.17) is 4.74 Å². The Bertz CT molecular complexity index is 809. The molecule has 4 heteroatoms. The molecular weight excluding hydrogens is 312 g/mol. The molecule has 2 aliphatic heterocycles. The number of hydrogen-bond donors (Lipinski definition) is 1. The lowest BCUT2D eigenvalue weighted by molar-refractivity contribution is -0.122. The maximum atomic E-state index is 13.2. The fraction of sp³-hybridized carbons (Fsp3) is 0.381. The number of fused-ring (bicyclic) bond motifs is 2. The van der Waals surface area contributed by atoms with Crippen LogP contribution in [-0.2, 0) is 10.2 Å². The van der Waals surface area contributed by atoms with Gasteiger partial charge in [0.05, 0.1) is 12.0 Å². The highest BCUT2D eigenvalue weighted by Gasteiger charge is 2.51. The highest BCUT2D eigenvalue weighted by Crippen LogP contribution is 2.45. The van der Waals surface area contributed by atoms with Gasteiger partial charge in [-0.25, -0.2) is 0 Å². The van der Waals surface area contributed by atoms with E-state index in [2.05, 4.69) is 37.4 Å². The molecule has 0 aliphatic carbocycles. The number of carbonyl (C=O) groups excluding carboxylic acids is 1. The molecule has 0 saturated carbocycles. The molecule has 1 unspecified atom stereocenters. The van der Waals surface area contributed by atoms with Crippen LogP contribution in [0.1, 0.15) is 23.1 Å². The Kier molecular flexibility index (Phi) is 4.00. The van der Waals surface area contributed by atoms with Gasteiger partial charge in [-0.2, -0.15) is 0 Å². The minimum Gasteiger partial charge on any atom is -0.491 e. The van der Waals surface area contributed by atoms with Gasteiger partial charge in [0, 0.05) is 12.2 Å². The number of ether oxygens (including phenoxy) is 1. The van der Waals surface area contributed by atoms with Gasteiger partial charge in [0.25, 0.3) is 0 Å². The molecule has 130 valence electrons. The van der Waals surface area contributed by atoms with E-state index >= 15 is 0 Å². The molecule has 1 N–H and O–H groups in total. The lowest BCUT2D eigenvalue weighted by atomic mass is 9.81. The molecule has 0 bridgehead atoms. The van der Waals surface area contributed by atoms with Gasteiger partial charge >= 0.3 is 0 Å². The molecule has 4 nitrogen and oxygen atoms in total. The number of nitrogens with one attached hydrogen (secondary N) is 1. The summed E-state index contributed by atoms with van der Waals surface area (Å²) >= 11 is 0. The number of benzene rings is 2. The second kappa shape index (κ2) is 6.19. The quantitative estimate of drug-likeness (QED) is 0.933. The van der Waals surface area contributed by atoms with Crippen molar-refractivity contribution in [2.75, 3.05) is 31.1 Å². The molecule has 2 aromatic carbocycles. The number of amides is 1. The van der Waals surface area contributed by atoms with Crippen LogP contribution in [0.15, 0.2) is 42.5 Å². The van der Waals surface area contributed by atoms with Gasteiger partial charge in [0.15, 0.2) is 0 Å². The zero-order valence-corrected chi connectivity index (χ0v) is 14.8. The third-order valence-corrected chi connectivity index (χ3v) is 5.65. The zero-order chi connectivity index (χ0) is 17.4. The molecule has 1 spiro atoms. The van der Waals surface area contributed by atoms with Crippen molar-refractivity contribution in [1.82, 2.24) is 5.32 Å². The Morgan fingerprint density at radius 3 is 2.80 bits per heavy atom. The zero-order valence-electron chi connectivity index (χ0n) is 14.8. The van der Waals surface area contributed by atoms with Gasteiger partial charge in [-0.3, -0.25) is 4.79 Å². The van der Waals surface area contributed by atoms with Crippen molar-refractivity contribution in [2.24, 2.45) is 0 Å². The fourth-order valence-corrected chi connectivity index (χ4v) is 4.05. The van der Waals surface area contributed by atoms with Crippen molar-refractivity contribution < 1.29 is 9.53 Å². The number of carbonyl (C=O) groups is 1. The maximum absolute atomic E-state index is 13.2. The van der Waals surface area contributed by atoms with Crippen LogP contribution in [0.5, 0.6) is 5.75 Å². The lowest BCUT2D eigenvalue weighted by Gasteiger charge is -2.23. The molecule has 4 rings (SSSR count). The summed E-state index contributed by atoms with van der Waals surface area (Å²) in [6.07, 6.45) is 0.872. The van der Waals surface area contributed by atoms with Crippen LogP contribution in [0.2, 0.25) is 0 Å². The van der Waals surface area contributed by atoms with Crippen molar-refractivity contribution >= 4 is 11.6 Å². The summed E-state index contributed by atoms with van der Waals surface area (Å²) in [5, 5.41) is 3.36. The Morgan fingerprint density at radius 1 is 1.16 bits per heavy atom. The monoisotopic (exact) mass is 336 g/mol. The van der Waals surface area contributed by atoms with Crippen LogP contribution in [0.4, 0.5) is 5.69 Å². The van der Waals surface area contributed by atoms with E-state index in [-0.39, 0.29) is 11.3 Å². The Balaban J connectivity index is 1.53. The van der Waals surface area contributed by atoms with Crippen LogP contribution in [-0.4, -0.2) is 32.1 Å². The van der Waals surface area contributed by atoms with Gasteiger partial charge in [-0.1, -0.05) is 30.3 Å². The van der Waals surface area contributed by atoms with Gasteiger partial charge in [0.1, 0.15) is 12.4 Å². The van der Waals surface area contributed by atoms with E-state index < -0.39 is 0 Å². The van der Waals surface area contributed by atoms with Crippen LogP contribution >= 0.6 is 0 Å². The van der Waals surface area contributed by atoms with Gasteiger partial charge in [0.2, 0.25) is 5.91 Å². The summed E-state index contributed by atoms with van der Waals surface area (Å²) in [5.74, 6) is 1.11. The van der Waals surface area contributed by atoms with Crippen molar-refractivity contribution in [1.29, 1.82) is 0 Å². The predicted molar refractivity (Wildman–Crippen MR) is 99.4 cm³/mol. The molecule has 0 aromatic heterocycles. The Hall–Kier alpha value is -2.33. The van der Waals surface area contributed by atoms with E-state index in [1.807, 2.05) is 29.2 Å². The number of anilines is 1. The number of para-hydroxylation sites is 1. The van der Waals surface area contributed by atoms with Crippen LogP contribution in [0.3, 0.4) is 0 Å². The molecule has 0 radical (unpaired) electrons. The van der Waals surface area contributed by atoms with Crippen LogP contribution < -0.4 is 15.0 Å². The fourth-order valence-electron chi connectivity index (χ4n) is 4.05. The molecule has 2 aliphatic rings. The van der Waals surface area contributed by atoms with E-state index in [0.29, 0.717) is 13.2 Å². The summed E-state index contributed by atoms with van der Waals surface area (Å²) in [6.45, 7) is 6.85. The van der Waals surface area contributed by atoms with Crippen molar-refractivity contribution in [3.05, 3.63) is 59.2 Å². The largest absolute Gasteiger partial charge is 0.491 e. The molecule has 1 amide bonds. The third kappa shape index (κ3) is 2.52. The maximum Gasteiger partial charge on any atom is 0.239 e. The minimum absolute atomic E-state index is 0.211. The van der Waals surface area contributed by atoms with Gasteiger partial charge in [-0.15, -0.1) is 0 Å². The molecule has 1 saturated heterocycles. The second-order valence-electron chi connectivity index (χ2n) is 7.03. The first-order valence-corrected chi connectivity index (χ1v) is 8.95. The van der Waals surface area contributed by atoms with Gasteiger partial charge < -0.3 is 15.0 Å². The molecule has 25 heavy (non-hydrogen) atoms. The first-order chi connectivity index (χ1) is 12.1. The molecule has 1 atom stereocenters. The second-order valence-corrected chi connectivity index (χ2v) is 7.03. The first-order valence-electron chi connectivity index (χ1n) is 8.95. The topological polar surface area (TPSA) is 41.6 Å². The number of aryl methyl sites for hydroxylation is 1. The highest BCUT2D eigenvalue weighted by molar-refractivity contribution is 6.08. The summed E-state index contributed by atoms with van der Waals surface area (Å²) in [7, 11) is 0. The predicted octanol–water partition coefficient (Wildman–Crippen LogP) is 2.96. The minimum atomic E-state index is -0.379. The summed E-state index contributed by atoms with van der Waals surface area (Å²) < 4.78 is 5.98. The number of hydrogen-bond acceptors (Lipinski definition) is 3. The van der Waals surface area contributed by atoms with Crippen LogP contribution in [0, 0.1) is 13.8 Å². The average molecular weight is 336 g/mol. The summed E-state index contributed by atoms with van der Waals surface area (Å²) in [4.78, 5) is 15.1. The molecule has 2 aromatic rings. The summed E-state index contributed by atoms with van der Waals surface area (Å²) in [5.41, 5.74) is 4.20. The SMILES string of the molecule is Cc1cccc(OCCN2C(=O)C3(CCNC3)c3ccccc32)c1C. The van der Waals surface area contributed by atoms with Crippen molar-refractivity contribution in [3.63, 3.8) is 0 Å². The number of nitrogens with zero attached hydrogens (tertiary/aromatic N) is 1. The van der Waals surface area contributed by atoms with Gasteiger partial charge in [-0.05, 0) is 55.6 Å². The normalized spacial score (nSPS) is 21.8. The Morgan fingerprint density at radius 2 is 2.00 bits per heavy atom. The third-order valence-electron chi connectivity index (χ3n) is 5.65.